The number of hydrogen-bond donors (Lipinski definition) is 3. The number of nitrogens with one attached hydrogen (secondary N) is 2. The van der Waals surface area contributed by atoms with E-state index in [1.165, 1.54) is 24.2 Å². The van der Waals surface area contributed by atoms with Crippen molar-refractivity contribution in [1.29, 1.82) is 0 Å². The maximum atomic E-state index is 11.8. The van der Waals surface area contributed by atoms with Crippen LogP contribution in [0.5, 0.6) is 0 Å². The van der Waals surface area contributed by atoms with Gasteiger partial charge in [-0.2, -0.15) is 0 Å². The fraction of sp³-hybridized carbons (Fsp3) is 0.615. The van der Waals surface area contributed by atoms with E-state index in [4.69, 9.17) is 5.11 Å². The van der Waals surface area contributed by atoms with Gasteiger partial charge < -0.3 is 10.4 Å². The van der Waals surface area contributed by atoms with E-state index in [1.807, 2.05) is 12.3 Å². The summed E-state index contributed by atoms with van der Waals surface area (Å²) >= 11 is 1.40. The zero-order chi connectivity index (χ0) is 14.5. The number of aliphatic carboxylic acids is 1. The van der Waals surface area contributed by atoms with Crippen LogP contribution in [0.4, 0.5) is 9.93 Å². The van der Waals surface area contributed by atoms with Gasteiger partial charge in [0.05, 0.1) is 12.1 Å². The van der Waals surface area contributed by atoms with Gasteiger partial charge in [0, 0.05) is 17.3 Å². The first kappa shape index (κ1) is 14.8. The molecule has 0 spiro atoms. The number of carbonyl (C=O) groups is 2. The highest BCUT2D eigenvalue weighted by Gasteiger charge is 2.26. The monoisotopic (exact) mass is 297 g/mol. The Morgan fingerprint density at radius 2 is 2.30 bits per heavy atom. The molecule has 0 aliphatic heterocycles. The highest BCUT2D eigenvalue weighted by molar-refractivity contribution is 7.13. The molecule has 1 aliphatic carbocycles. The first-order valence-electron chi connectivity index (χ1n) is 6.83. The molecule has 1 unspecified atom stereocenters. The maximum absolute atomic E-state index is 11.8. The Balaban J connectivity index is 1.84. The molecule has 20 heavy (non-hydrogen) atoms. The molecule has 0 saturated heterocycles. The molecule has 1 atom stereocenters. The number of anilines is 1. The number of carbonyl (C=O) groups excluding carboxylic acids is 1. The molecule has 3 N–H and O–H groups in total. The van der Waals surface area contributed by atoms with Crippen LogP contribution in [0.1, 0.15) is 50.6 Å². The van der Waals surface area contributed by atoms with Crippen LogP contribution in [0.3, 0.4) is 0 Å². The molecule has 0 aromatic carbocycles. The number of carboxylic acids is 1. The molecule has 7 heteroatoms. The van der Waals surface area contributed by atoms with E-state index >= 15 is 0 Å². The average Bonchev–Trinajstić information content (AvgIpc) is 3.10. The number of thiazole rings is 1. The molecule has 0 bridgehead atoms. The Labute approximate surface area is 121 Å². The third-order valence-electron chi connectivity index (χ3n) is 3.13. The fourth-order valence-electron chi connectivity index (χ4n) is 2.01. The van der Waals surface area contributed by atoms with E-state index in [0.29, 0.717) is 17.5 Å². The zero-order valence-electron chi connectivity index (χ0n) is 11.4. The van der Waals surface area contributed by atoms with Crippen molar-refractivity contribution in [2.45, 2.75) is 51.0 Å². The Morgan fingerprint density at radius 1 is 1.55 bits per heavy atom. The van der Waals surface area contributed by atoms with Crippen molar-refractivity contribution in [3.8, 4) is 0 Å². The molecular weight excluding hydrogens is 278 g/mol. The van der Waals surface area contributed by atoms with E-state index in [0.717, 1.165) is 12.1 Å². The standard InChI is InChI=1S/C13H19N3O3S/c1-2-3-9(6-11(17)18)14-12(19)16-13-15-10(7-20-13)8-4-5-8/h7-9H,2-6H2,1H3,(H,17,18)(H2,14,15,16,19). The largest absolute Gasteiger partial charge is 0.481 e. The summed E-state index contributed by atoms with van der Waals surface area (Å²) in [4.78, 5) is 26.9. The minimum Gasteiger partial charge on any atom is -0.481 e. The van der Waals surface area contributed by atoms with Crippen LogP contribution in [0.2, 0.25) is 0 Å². The van der Waals surface area contributed by atoms with Crippen LogP contribution in [0.15, 0.2) is 5.38 Å². The number of carboxylic acid groups (broad SMARTS) is 1. The Kier molecular flexibility index (Phi) is 4.94. The van der Waals surface area contributed by atoms with E-state index in [2.05, 4.69) is 15.6 Å². The van der Waals surface area contributed by atoms with Gasteiger partial charge in [0.15, 0.2) is 5.13 Å². The minimum absolute atomic E-state index is 0.0630. The molecule has 1 heterocycles. The van der Waals surface area contributed by atoms with Gasteiger partial charge in [-0.3, -0.25) is 10.1 Å². The molecule has 110 valence electrons. The van der Waals surface area contributed by atoms with Crippen molar-refractivity contribution < 1.29 is 14.7 Å². The van der Waals surface area contributed by atoms with Crippen molar-refractivity contribution in [3.05, 3.63) is 11.1 Å². The van der Waals surface area contributed by atoms with Crippen LogP contribution >= 0.6 is 11.3 Å². The molecule has 1 fully saturated rings. The number of aromatic nitrogens is 1. The molecular formula is C13H19N3O3S. The lowest BCUT2D eigenvalue weighted by molar-refractivity contribution is -0.137. The van der Waals surface area contributed by atoms with Crippen molar-refractivity contribution >= 4 is 28.5 Å². The fourth-order valence-corrected chi connectivity index (χ4v) is 2.80. The average molecular weight is 297 g/mol. The van der Waals surface area contributed by atoms with E-state index < -0.39 is 5.97 Å². The van der Waals surface area contributed by atoms with Crippen molar-refractivity contribution in [2.24, 2.45) is 0 Å². The molecule has 1 saturated carbocycles. The number of rotatable bonds is 7. The van der Waals surface area contributed by atoms with Crippen LogP contribution < -0.4 is 10.6 Å². The van der Waals surface area contributed by atoms with Gasteiger partial charge in [0.25, 0.3) is 0 Å². The van der Waals surface area contributed by atoms with Gasteiger partial charge in [-0.1, -0.05) is 13.3 Å². The van der Waals surface area contributed by atoms with Crippen LogP contribution in [0.25, 0.3) is 0 Å². The summed E-state index contributed by atoms with van der Waals surface area (Å²) in [7, 11) is 0. The quantitative estimate of drug-likeness (QED) is 0.721. The van der Waals surface area contributed by atoms with Crippen molar-refractivity contribution in [3.63, 3.8) is 0 Å². The van der Waals surface area contributed by atoms with Crippen LogP contribution in [-0.2, 0) is 4.79 Å². The lowest BCUT2D eigenvalue weighted by atomic mass is 10.1. The number of urea groups is 1. The molecule has 1 aromatic rings. The summed E-state index contributed by atoms with van der Waals surface area (Å²) < 4.78 is 0. The normalized spacial score (nSPS) is 15.7. The third-order valence-corrected chi connectivity index (χ3v) is 3.91. The predicted molar refractivity (Wildman–Crippen MR) is 77.2 cm³/mol. The first-order chi connectivity index (χ1) is 9.58. The Bertz CT molecular complexity index is 485. The second-order valence-electron chi connectivity index (χ2n) is 5.03. The second-order valence-corrected chi connectivity index (χ2v) is 5.89. The van der Waals surface area contributed by atoms with E-state index in [-0.39, 0.29) is 18.5 Å². The van der Waals surface area contributed by atoms with Gasteiger partial charge in [-0.05, 0) is 19.3 Å². The van der Waals surface area contributed by atoms with E-state index in [1.54, 1.807) is 0 Å². The van der Waals surface area contributed by atoms with E-state index in [9.17, 15) is 9.59 Å². The number of hydrogen-bond acceptors (Lipinski definition) is 4. The molecule has 2 amide bonds. The lowest BCUT2D eigenvalue weighted by Gasteiger charge is -2.15. The summed E-state index contributed by atoms with van der Waals surface area (Å²) in [5.74, 6) is -0.348. The smallest absolute Gasteiger partial charge is 0.321 e. The third kappa shape index (κ3) is 4.48. The van der Waals surface area contributed by atoms with Crippen molar-refractivity contribution in [1.82, 2.24) is 10.3 Å². The summed E-state index contributed by atoms with van der Waals surface area (Å²) in [5, 5.41) is 16.7. The summed E-state index contributed by atoms with van der Waals surface area (Å²) in [5.41, 5.74) is 1.04. The predicted octanol–water partition coefficient (Wildman–Crippen LogP) is 2.79. The SMILES string of the molecule is CCCC(CC(=O)O)NC(=O)Nc1nc(C2CC2)cs1. The summed E-state index contributed by atoms with van der Waals surface area (Å²) in [6.07, 6.45) is 3.75. The van der Waals surface area contributed by atoms with Gasteiger partial charge in [0.1, 0.15) is 0 Å². The zero-order valence-corrected chi connectivity index (χ0v) is 12.2. The van der Waals surface area contributed by atoms with Gasteiger partial charge in [-0.15, -0.1) is 11.3 Å². The maximum Gasteiger partial charge on any atom is 0.321 e. The molecule has 2 rings (SSSR count). The molecule has 1 aliphatic rings. The number of amides is 2. The van der Waals surface area contributed by atoms with Crippen LogP contribution in [0, 0.1) is 0 Å². The lowest BCUT2D eigenvalue weighted by Crippen LogP contribution is -2.39. The summed E-state index contributed by atoms with van der Waals surface area (Å²) in [6.45, 7) is 1.96. The molecule has 1 aromatic heterocycles. The van der Waals surface area contributed by atoms with Gasteiger partial charge >= 0.3 is 12.0 Å². The highest BCUT2D eigenvalue weighted by atomic mass is 32.1. The van der Waals surface area contributed by atoms with Crippen LogP contribution in [-0.4, -0.2) is 28.1 Å². The molecule has 0 radical (unpaired) electrons. The summed E-state index contributed by atoms with van der Waals surface area (Å²) in [6, 6.07) is -0.734. The highest BCUT2D eigenvalue weighted by Crippen LogP contribution is 2.40. The Hall–Kier alpha value is -1.63. The van der Waals surface area contributed by atoms with Gasteiger partial charge in [-0.25, -0.2) is 9.78 Å². The second kappa shape index (κ2) is 6.69. The topological polar surface area (TPSA) is 91.3 Å². The first-order valence-corrected chi connectivity index (χ1v) is 7.71. The Morgan fingerprint density at radius 3 is 2.90 bits per heavy atom. The molecule has 6 nitrogen and oxygen atoms in total. The number of nitrogens with zero attached hydrogens (tertiary/aromatic N) is 1. The minimum atomic E-state index is -0.908. The van der Waals surface area contributed by atoms with Gasteiger partial charge in [0.2, 0.25) is 0 Å². The van der Waals surface area contributed by atoms with Crippen molar-refractivity contribution in [2.75, 3.05) is 5.32 Å².